The molecule has 0 aliphatic carbocycles. The van der Waals surface area contributed by atoms with Crippen LogP contribution in [0.15, 0.2) is 85.2 Å². The van der Waals surface area contributed by atoms with Crippen molar-refractivity contribution in [2.75, 3.05) is 12.8 Å². The highest BCUT2D eigenvalue weighted by Gasteiger charge is 2.10. The molecule has 0 fully saturated rings. The molecule has 4 rings (SSSR count). The van der Waals surface area contributed by atoms with Gasteiger partial charge in [0, 0.05) is 17.7 Å². The number of hydrogen-bond acceptors (Lipinski definition) is 5. The third-order valence-corrected chi connectivity index (χ3v) is 4.54. The molecule has 0 saturated carbocycles. The molecular weight excluding hydrogens is 362 g/mol. The van der Waals surface area contributed by atoms with Gasteiger partial charge in [-0.3, -0.25) is 0 Å². The molecular formula is C24H21N3O2. The molecule has 0 bridgehead atoms. The van der Waals surface area contributed by atoms with E-state index in [2.05, 4.69) is 9.97 Å². The summed E-state index contributed by atoms with van der Waals surface area (Å²) in [7, 11) is 1.61. The third kappa shape index (κ3) is 4.35. The van der Waals surface area contributed by atoms with Crippen molar-refractivity contribution in [3.63, 3.8) is 0 Å². The summed E-state index contributed by atoms with van der Waals surface area (Å²) in [6.45, 7) is 0. The second kappa shape index (κ2) is 8.44. The van der Waals surface area contributed by atoms with Crippen LogP contribution >= 0.6 is 0 Å². The maximum Gasteiger partial charge on any atom is 0.141 e. The largest absolute Gasteiger partial charge is 0.495 e. The smallest absolute Gasteiger partial charge is 0.141 e. The van der Waals surface area contributed by atoms with Crippen molar-refractivity contribution in [1.82, 2.24) is 9.97 Å². The van der Waals surface area contributed by atoms with Crippen LogP contribution in [-0.4, -0.2) is 17.1 Å². The third-order valence-electron chi connectivity index (χ3n) is 4.54. The van der Waals surface area contributed by atoms with Gasteiger partial charge in [0.25, 0.3) is 0 Å². The lowest BCUT2D eigenvalue weighted by Crippen LogP contribution is -1.98. The summed E-state index contributed by atoms with van der Waals surface area (Å²) in [5.74, 6) is 2.20. The van der Waals surface area contributed by atoms with E-state index < -0.39 is 0 Å². The number of anilines is 1. The first kappa shape index (κ1) is 18.5. The van der Waals surface area contributed by atoms with Gasteiger partial charge in [-0.25, -0.2) is 9.97 Å². The van der Waals surface area contributed by atoms with E-state index >= 15 is 0 Å². The fourth-order valence-corrected chi connectivity index (χ4v) is 3.13. The normalized spacial score (nSPS) is 10.5. The molecule has 1 heterocycles. The van der Waals surface area contributed by atoms with Gasteiger partial charge in [0.2, 0.25) is 0 Å². The molecule has 29 heavy (non-hydrogen) atoms. The lowest BCUT2D eigenvalue weighted by atomic mass is 10.1. The van der Waals surface area contributed by atoms with Crippen molar-refractivity contribution < 1.29 is 9.47 Å². The summed E-state index contributed by atoms with van der Waals surface area (Å²) >= 11 is 0. The highest BCUT2D eigenvalue weighted by atomic mass is 16.5. The van der Waals surface area contributed by atoms with Crippen molar-refractivity contribution in [3.05, 3.63) is 96.4 Å². The Morgan fingerprint density at radius 3 is 2.41 bits per heavy atom. The lowest BCUT2D eigenvalue weighted by Gasteiger charge is -2.11. The van der Waals surface area contributed by atoms with E-state index in [1.807, 2.05) is 78.9 Å². The minimum Gasteiger partial charge on any atom is -0.495 e. The number of nitrogens with zero attached hydrogens (tertiary/aromatic N) is 2. The predicted molar refractivity (Wildman–Crippen MR) is 114 cm³/mol. The molecule has 5 nitrogen and oxygen atoms in total. The van der Waals surface area contributed by atoms with Crippen molar-refractivity contribution in [3.8, 4) is 28.5 Å². The molecule has 0 unspecified atom stereocenters. The number of aromatic nitrogens is 2. The Hall–Kier alpha value is -3.86. The minimum atomic E-state index is 0.612. The maximum absolute atomic E-state index is 6.07. The van der Waals surface area contributed by atoms with E-state index in [9.17, 15) is 0 Å². The quantitative estimate of drug-likeness (QED) is 0.468. The van der Waals surface area contributed by atoms with E-state index in [0.29, 0.717) is 17.9 Å². The first-order chi connectivity index (χ1) is 14.2. The number of ether oxygens (including phenoxy) is 2. The SMILES string of the molecule is COc1ccc(Cc2cc(-c3ccccc3Oc3ccccc3)ncn2)cc1N. The van der Waals surface area contributed by atoms with Crippen LogP contribution in [0.3, 0.4) is 0 Å². The van der Waals surface area contributed by atoms with Crippen LogP contribution in [0.4, 0.5) is 5.69 Å². The number of hydrogen-bond donors (Lipinski definition) is 1. The molecule has 1 aromatic heterocycles. The lowest BCUT2D eigenvalue weighted by molar-refractivity contribution is 0.417. The van der Waals surface area contributed by atoms with E-state index in [4.69, 9.17) is 15.2 Å². The molecule has 0 atom stereocenters. The van der Waals surface area contributed by atoms with Crippen molar-refractivity contribution in [2.45, 2.75) is 6.42 Å². The fraction of sp³-hybridized carbons (Fsp3) is 0.0833. The number of nitrogen functional groups attached to an aromatic ring is 1. The van der Waals surface area contributed by atoms with Crippen LogP contribution in [0.2, 0.25) is 0 Å². The van der Waals surface area contributed by atoms with Gasteiger partial charge in [0.1, 0.15) is 23.6 Å². The first-order valence-corrected chi connectivity index (χ1v) is 9.28. The molecule has 2 N–H and O–H groups in total. The van der Waals surface area contributed by atoms with Gasteiger partial charge in [-0.05, 0) is 48.0 Å². The standard InChI is InChI=1S/C24H21N3O2/c1-28-24-12-11-17(14-21(24)25)13-18-15-22(27-16-26-18)20-9-5-6-10-23(20)29-19-7-3-2-4-8-19/h2-12,14-16H,13,25H2,1H3. The summed E-state index contributed by atoms with van der Waals surface area (Å²) in [5, 5.41) is 0. The monoisotopic (exact) mass is 383 g/mol. The van der Waals surface area contributed by atoms with Crippen LogP contribution in [0.5, 0.6) is 17.2 Å². The van der Waals surface area contributed by atoms with Gasteiger partial charge < -0.3 is 15.2 Å². The van der Waals surface area contributed by atoms with Gasteiger partial charge >= 0.3 is 0 Å². The minimum absolute atomic E-state index is 0.612. The van der Waals surface area contributed by atoms with Crippen LogP contribution in [0.25, 0.3) is 11.3 Å². The maximum atomic E-state index is 6.07. The predicted octanol–water partition coefficient (Wildman–Crippen LogP) is 5.12. The van der Waals surface area contributed by atoms with E-state index in [-0.39, 0.29) is 0 Å². The summed E-state index contributed by atoms with van der Waals surface area (Å²) in [5.41, 5.74) is 10.3. The van der Waals surface area contributed by atoms with Gasteiger partial charge in [-0.1, -0.05) is 36.4 Å². The van der Waals surface area contributed by atoms with E-state index in [1.165, 1.54) is 0 Å². The molecule has 5 heteroatoms. The molecule has 4 aromatic rings. The molecule has 0 aliphatic heterocycles. The number of para-hydroxylation sites is 2. The first-order valence-electron chi connectivity index (χ1n) is 9.28. The van der Waals surface area contributed by atoms with Gasteiger partial charge in [-0.2, -0.15) is 0 Å². The molecule has 3 aromatic carbocycles. The van der Waals surface area contributed by atoms with Crippen molar-refractivity contribution in [2.24, 2.45) is 0 Å². The molecule has 0 amide bonds. The number of rotatable bonds is 6. The summed E-state index contributed by atoms with van der Waals surface area (Å²) in [6.07, 6.45) is 2.22. The molecule has 0 spiro atoms. The van der Waals surface area contributed by atoms with Crippen LogP contribution in [0.1, 0.15) is 11.3 Å². The molecule has 0 aliphatic rings. The Bertz CT molecular complexity index is 1110. The molecule has 144 valence electrons. The Morgan fingerprint density at radius 1 is 0.828 bits per heavy atom. The number of methoxy groups -OCH3 is 1. The second-order valence-corrected chi connectivity index (χ2v) is 6.56. The topological polar surface area (TPSA) is 70.3 Å². The summed E-state index contributed by atoms with van der Waals surface area (Å²) < 4.78 is 11.3. The Balaban J connectivity index is 1.62. The fourth-order valence-electron chi connectivity index (χ4n) is 3.13. The molecule has 0 radical (unpaired) electrons. The van der Waals surface area contributed by atoms with Gasteiger partial charge in [-0.15, -0.1) is 0 Å². The van der Waals surface area contributed by atoms with Crippen LogP contribution < -0.4 is 15.2 Å². The van der Waals surface area contributed by atoms with Crippen LogP contribution in [-0.2, 0) is 6.42 Å². The highest BCUT2D eigenvalue weighted by molar-refractivity contribution is 5.68. The molecule has 0 saturated heterocycles. The zero-order valence-electron chi connectivity index (χ0n) is 16.1. The van der Waals surface area contributed by atoms with Crippen LogP contribution in [0, 0.1) is 0 Å². The number of benzene rings is 3. The summed E-state index contributed by atoms with van der Waals surface area (Å²) in [6, 6.07) is 25.3. The second-order valence-electron chi connectivity index (χ2n) is 6.56. The zero-order chi connectivity index (χ0) is 20.1. The van der Waals surface area contributed by atoms with Crippen molar-refractivity contribution in [1.29, 1.82) is 0 Å². The van der Waals surface area contributed by atoms with Crippen molar-refractivity contribution >= 4 is 5.69 Å². The average molecular weight is 383 g/mol. The Labute approximate surface area is 169 Å². The average Bonchev–Trinajstić information content (AvgIpc) is 2.75. The highest BCUT2D eigenvalue weighted by Crippen LogP contribution is 2.32. The van der Waals surface area contributed by atoms with E-state index in [0.717, 1.165) is 34.0 Å². The summed E-state index contributed by atoms with van der Waals surface area (Å²) in [4.78, 5) is 8.88. The van der Waals surface area contributed by atoms with E-state index in [1.54, 1.807) is 13.4 Å². The Kier molecular flexibility index (Phi) is 5.38. The van der Waals surface area contributed by atoms with Gasteiger partial charge in [0.15, 0.2) is 0 Å². The number of nitrogens with two attached hydrogens (primary N) is 1. The van der Waals surface area contributed by atoms with Gasteiger partial charge in [0.05, 0.1) is 18.5 Å². The Morgan fingerprint density at radius 2 is 1.62 bits per heavy atom. The zero-order valence-corrected chi connectivity index (χ0v) is 16.1.